The Morgan fingerprint density at radius 2 is 0.833 bits per heavy atom. The molecule has 758 valence electrons. The maximum absolute atomic E-state index is 12.5. The number of hydrogen-bond acceptors (Lipinski definition) is 24. The second-order valence-electron chi connectivity index (χ2n) is 33.7. The van der Waals surface area contributed by atoms with Crippen molar-refractivity contribution in [2.75, 3.05) is 35.5 Å². The molecule has 4 N–H and O–H groups in total. The number of halogens is 12. The number of nitrogens with two attached hydrogens (primary N) is 1. The molecule has 5 aromatic carbocycles. The number of unbranched alkanes of at least 4 members (excludes halogenated alkanes) is 3. The maximum atomic E-state index is 12.5. The van der Waals surface area contributed by atoms with Gasteiger partial charge < -0.3 is 48.2 Å². The molecule has 0 saturated carbocycles. The first-order chi connectivity index (χ1) is 63.9. The summed E-state index contributed by atoms with van der Waals surface area (Å²) < 4.78 is 219. The number of phenols is 2. The van der Waals surface area contributed by atoms with Gasteiger partial charge in [-0.15, -0.1) is 0 Å². The van der Waals surface area contributed by atoms with Gasteiger partial charge in [0, 0.05) is 64.2 Å². The zero-order valence-electron chi connectivity index (χ0n) is 80.6. The van der Waals surface area contributed by atoms with Crippen molar-refractivity contribution in [3.05, 3.63) is 226 Å². The average Bonchev–Trinajstić information content (AvgIpc) is 1.43. The van der Waals surface area contributed by atoms with Crippen LogP contribution in [-0.4, -0.2) is 157 Å². The van der Waals surface area contributed by atoms with Crippen molar-refractivity contribution in [3.8, 4) is 96.6 Å². The number of fused-ring (bicyclic) bond motifs is 1. The third kappa shape index (κ3) is 37.3. The molecule has 44 heteroatoms. The number of ether oxygens (including phenoxy) is 5. The van der Waals surface area contributed by atoms with E-state index in [9.17, 15) is 74.7 Å². The minimum absolute atomic E-state index is 0.0994. The first-order valence-electron chi connectivity index (χ1n) is 42.6. The Kier molecular flexibility index (Phi) is 46.9. The molecule has 6 heterocycles. The first-order valence-corrected chi connectivity index (χ1v) is 62.9. The zero-order valence-corrected chi connectivity index (χ0v) is 91.8. The third-order valence-electron chi connectivity index (χ3n) is 21.2. The number of methoxy groups -OCH3 is 5. The predicted octanol–water partition coefficient (Wildman–Crippen LogP) is 25.8. The van der Waals surface area contributed by atoms with Gasteiger partial charge in [0.1, 0.15) is 57.3 Å². The monoisotopic (exact) mass is 2290 g/mol. The second-order valence-corrected chi connectivity index (χ2v) is 65.1. The van der Waals surface area contributed by atoms with E-state index in [1.807, 2.05) is 105 Å². The quantitative estimate of drug-likeness (QED) is 0.00780. The molecule has 0 saturated heterocycles. The molecule has 138 heavy (non-hydrogen) atoms. The van der Waals surface area contributed by atoms with Crippen molar-refractivity contribution in [2.24, 2.45) is 5.73 Å². The Balaban J connectivity index is 0.000000336. The van der Waals surface area contributed by atoms with Gasteiger partial charge in [-0.25, -0.2) is 4.98 Å². The minimum Gasteiger partial charge on any atom is -0.543 e. The van der Waals surface area contributed by atoms with Crippen LogP contribution in [-0.2, 0) is 44.1 Å². The van der Waals surface area contributed by atoms with Crippen molar-refractivity contribution in [1.29, 1.82) is 0 Å². The van der Waals surface area contributed by atoms with Crippen molar-refractivity contribution < 1.29 is 126 Å². The Morgan fingerprint density at radius 3 is 1.22 bits per heavy atom. The molecule has 0 radical (unpaired) electrons. The summed E-state index contributed by atoms with van der Waals surface area (Å²) in [6, 6.07) is 52.9. The number of amides is 1. The van der Waals surface area contributed by atoms with E-state index in [0.717, 1.165) is 67.3 Å². The summed E-state index contributed by atoms with van der Waals surface area (Å²) in [6.07, 6.45) is 11.6. The molecule has 1 amide bonds. The van der Waals surface area contributed by atoms with Gasteiger partial charge in [0.25, 0.3) is 14.2 Å². The van der Waals surface area contributed by atoms with Gasteiger partial charge in [0.05, 0.1) is 67.8 Å². The Labute approximate surface area is 829 Å². The number of aryl methyl sites for hydroxylation is 4. The second kappa shape index (κ2) is 53.5. The number of hydrogen-bond donors (Lipinski definition) is 3. The first kappa shape index (κ1) is 121. The van der Waals surface area contributed by atoms with E-state index in [0.29, 0.717) is 43.6 Å². The Morgan fingerprint density at radius 1 is 0.464 bits per heavy atom. The van der Waals surface area contributed by atoms with Crippen LogP contribution in [0.4, 0.5) is 39.5 Å². The van der Waals surface area contributed by atoms with Crippen LogP contribution in [0.2, 0.25) is 49.6 Å². The number of pyridine rings is 5. The fourth-order valence-corrected chi connectivity index (χ4v) is 29.7. The van der Waals surface area contributed by atoms with E-state index < -0.39 is 92.6 Å². The number of aromatic nitrogens is 6. The van der Waals surface area contributed by atoms with Crippen LogP contribution in [0.5, 0.6) is 51.7 Å². The van der Waals surface area contributed by atoms with Crippen LogP contribution < -0.4 is 41.7 Å². The SMILES string of the molecule is CC(C)(C)[Si](C)(C)Cl.CCC[CH2][Sn]([CH2]CCC)([CH2]CCC)[c]1cccc(C)n1.COc1ccc(-c2cccc(C)n2)c(-c2ccc3ncc(C(N)=O)n3c2)c1.COc1ccc(-c2cccc(C)n2)c(O)c1.COc1ccc(-c2cccc(C)n2)c(OS(=O)(=O)C(F)(F)F)c1.COc1ccc(Br)c(O)c1.COc1ccc(Br)c(O[Si](C)(C)C(C)(C)C)c1.O=S(=O)(OOOS(=O)(=O)C(F)(F)F)C(F)(F)F. The van der Waals surface area contributed by atoms with Crippen molar-refractivity contribution in [1.82, 2.24) is 29.3 Å². The fourth-order valence-electron chi connectivity index (χ4n) is 11.5. The molecule has 0 bridgehead atoms. The summed E-state index contributed by atoms with van der Waals surface area (Å²) in [5.74, 6) is 3.20. The summed E-state index contributed by atoms with van der Waals surface area (Å²) in [6.45, 7) is 36.8. The molecule has 0 aliphatic rings. The van der Waals surface area contributed by atoms with Gasteiger partial charge in [-0.3, -0.25) is 24.1 Å². The van der Waals surface area contributed by atoms with E-state index in [1.54, 1.807) is 92.0 Å². The summed E-state index contributed by atoms with van der Waals surface area (Å²) in [5, 5.41) is 21.9. The van der Waals surface area contributed by atoms with Crippen molar-refractivity contribution in [3.63, 3.8) is 0 Å². The number of alkyl halides is 9. The van der Waals surface area contributed by atoms with E-state index >= 15 is 0 Å². The standard InChI is InChI=1S/C21H18N4O2.C14H12F3NO4S.C13H21BrO2Si.C13H13NO2.C7H7BrO2.C6H15ClSi.C6H6N.3C4H9.C2F6O7S2.Sn/c1-13-4-3-5-18(24-13)16-8-7-15(27-2)10-17(16)14-6-9-20-23-11-19(21(22)26)25(20)12-14;1-9-4-3-5-12(18-9)11-7-6-10(21-2)8-13(11)22-23(19,20)14(15,16)17;1-13(2,3)17(5,6)16-12-9-10(15-4)7-8-11(12)14;1-9-4-3-5-12(14-9)11-7-6-10(16-2)8-13(11)15;1-10-5-2-3-6(8)7(9)4-5;1-6(2,3)8(4,5)7;1-6-4-2-3-5-7-6;3*1-3-4-2;3-1(4,5)16(9,10)14-13-15-17(11,12)2(6,7)8;/h3-12H,1-2H3,(H2,22,26);3-8H,1-2H3;7-9H,1-6H3;3-8,15H,1-2H3;2-4,9H,1H3;1-5H3;2-4H,1H3;3*1,3-4H2,2H3;;. The van der Waals surface area contributed by atoms with Gasteiger partial charge in [0.2, 0.25) is 0 Å². The normalized spacial score (nSPS) is 11.9. The van der Waals surface area contributed by atoms with Gasteiger partial charge in [-0.05, 0) is 207 Å². The average molecular weight is 2290 g/mol. The third-order valence-corrected chi connectivity index (χ3v) is 49.8. The summed E-state index contributed by atoms with van der Waals surface area (Å²) in [4.78, 5) is 34.1. The molecule has 0 aliphatic heterocycles. The van der Waals surface area contributed by atoms with E-state index in [4.69, 9.17) is 55.0 Å². The number of phenolic OH excluding ortho intramolecular Hbond substituents is 2. The molecular formula is C94H119Br2ClF9N7O19S3Si2Sn. The number of nitrogens with zero attached hydrogens (tertiary/aromatic N) is 6. The summed E-state index contributed by atoms with van der Waals surface area (Å²) in [5.41, 5.74) is -1.90. The van der Waals surface area contributed by atoms with Crippen molar-refractivity contribution >= 4 is 123 Å². The summed E-state index contributed by atoms with van der Waals surface area (Å²) in [7, 11) is -14.2. The number of carbonyl (C=O) groups is 1. The van der Waals surface area contributed by atoms with Crippen LogP contribution in [0.25, 0.3) is 50.5 Å². The molecular weight excluding hydrogens is 2170 g/mol. The molecule has 0 spiro atoms. The smallest absolute Gasteiger partial charge is 0.534 e. The van der Waals surface area contributed by atoms with Gasteiger partial charge >= 0.3 is 177 Å². The van der Waals surface area contributed by atoms with Crippen molar-refractivity contribution in [2.45, 2.75) is 195 Å². The maximum Gasteiger partial charge on any atom is 0.534 e. The van der Waals surface area contributed by atoms with E-state index in [1.165, 1.54) is 89.0 Å². The minimum atomic E-state index is -6.44. The van der Waals surface area contributed by atoms with Gasteiger partial charge in [-0.1, -0.05) is 81.5 Å². The Bertz CT molecular complexity index is 6090. The van der Waals surface area contributed by atoms with Crippen LogP contribution in [0.1, 0.15) is 134 Å². The predicted molar refractivity (Wildman–Crippen MR) is 533 cm³/mol. The number of primary amides is 1. The zero-order chi connectivity index (χ0) is 105. The fraction of sp³-hybridized carbons (Fsp3) is 0.383. The number of aromatic hydroxyl groups is 2. The Hall–Kier alpha value is -9.36. The molecule has 0 unspecified atom stereocenters. The number of carbonyl (C=O) groups excluding carboxylic acids is 1. The molecule has 0 atom stereocenters. The van der Waals surface area contributed by atoms with E-state index in [2.05, 4.69) is 183 Å². The molecule has 6 aromatic heterocycles. The van der Waals surface area contributed by atoms with Crippen LogP contribution in [0.15, 0.2) is 197 Å². The van der Waals surface area contributed by atoms with E-state index in [-0.39, 0.29) is 33.5 Å². The van der Waals surface area contributed by atoms with Gasteiger partial charge in [-0.2, -0.15) is 75.8 Å². The number of benzene rings is 5. The van der Waals surface area contributed by atoms with Crippen LogP contribution >= 0.6 is 42.9 Å². The molecule has 26 nitrogen and oxygen atoms in total. The topological polar surface area (TPSA) is 347 Å². The van der Waals surface area contributed by atoms with Gasteiger partial charge in [0.15, 0.2) is 13.1 Å². The molecule has 0 aliphatic carbocycles. The van der Waals surface area contributed by atoms with Crippen LogP contribution in [0.3, 0.4) is 0 Å². The molecule has 11 aromatic rings. The molecule has 11 rings (SSSR count). The number of imidazole rings is 1. The largest absolute Gasteiger partial charge is 0.543 e. The number of rotatable bonds is 28. The van der Waals surface area contributed by atoms with Crippen LogP contribution in [0, 0.1) is 27.7 Å². The summed E-state index contributed by atoms with van der Waals surface area (Å²) >= 11 is 10.6. The molecule has 0 fully saturated rings.